The van der Waals surface area contributed by atoms with Crippen molar-refractivity contribution in [3.63, 3.8) is 0 Å². The van der Waals surface area contributed by atoms with Crippen LogP contribution in [0.15, 0.2) is 24.3 Å². The average Bonchev–Trinajstić information content (AvgIpc) is 2.38. The highest BCUT2D eigenvalue weighted by molar-refractivity contribution is 6.31. The number of likely N-dealkylation sites (N-methyl/N-ethyl adjacent to an activating group) is 1. The molecule has 0 aliphatic rings. The standard InChI is InChI=1S/C15H25ClN2O/c1-12(2)15(10-17,11-19-4)18(3)9-13-7-5-6-8-14(13)16/h5-8,12H,9-11,17H2,1-4H3. The van der Waals surface area contributed by atoms with E-state index >= 15 is 0 Å². The molecule has 0 spiro atoms. The van der Waals surface area contributed by atoms with Crippen LogP contribution in [-0.2, 0) is 11.3 Å². The number of rotatable bonds is 7. The quantitative estimate of drug-likeness (QED) is 0.837. The first kappa shape index (κ1) is 16.4. The first-order valence-electron chi connectivity index (χ1n) is 6.61. The topological polar surface area (TPSA) is 38.5 Å². The van der Waals surface area contributed by atoms with Crippen molar-refractivity contribution in [3.8, 4) is 0 Å². The Morgan fingerprint density at radius 1 is 1.37 bits per heavy atom. The molecule has 1 atom stereocenters. The second-order valence-corrected chi connectivity index (χ2v) is 5.75. The highest BCUT2D eigenvalue weighted by Gasteiger charge is 2.36. The van der Waals surface area contributed by atoms with Crippen molar-refractivity contribution in [2.24, 2.45) is 11.7 Å². The summed E-state index contributed by atoms with van der Waals surface area (Å²) in [4.78, 5) is 2.25. The maximum Gasteiger partial charge on any atom is 0.0661 e. The van der Waals surface area contributed by atoms with Crippen LogP contribution >= 0.6 is 11.6 Å². The predicted molar refractivity (Wildman–Crippen MR) is 81.4 cm³/mol. The Labute approximate surface area is 121 Å². The Balaban J connectivity index is 2.94. The summed E-state index contributed by atoms with van der Waals surface area (Å²) in [5.74, 6) is 0.393. The molecule has 1 rings (SSSR count). The first-order valence-corrected chi connectivity index (χ1v) is 6.99. The SMILES string of the molecule is COCC(CN)(C(C)C)N(C)Cc1ccccc1Cl. The van der Waals surface area contributed by atoms with Crippen LogP contribution in [0.3, 0.4) is 0 Å². The molecule has 0 heterocycles. The normalized spacial score (nSPS) is 14.9. The largest absolute Gasteiger partial charge is 0.383 e. The summed E-state index contributed by atoms with van der Waals surface area (Å²) in [5.41, 5.74) is 6.97. The number of methoxy groups -OCH3 is 1. The zero-order chi connectivity index (χ0) is 14.5. The van der Waals surface area contributed by atoms with Gasteiger partial charge in [0.1, 0.15) is 0 Å². The molecule has 19 heavy (non-hydrogen) atoms. The zero-order valence-corrected chi connectivity index (χ0v) is 13.1. The third kappa shape index (κ3) is 3.69. The molecule has 1 aromatic carbocycles. The van der Waals surface area contributed by atoms with Crippen molar-refractivity contribution in [2.45, 2.75) is 25.9 Å². The van der Waals surface area contributed by atoms with Gasteiger partial charge in [0.25, 0.3) is 0 Å². The molecule has 1 aromatic rings. The minimum absolute atomic E-state index is 0.173. The maximum atomic E-state index is 6.23. The second kappa shape index (κ2) is 7.25. The first-order chi connectivity index (χ1) is 8.97. The van der Waals surface area contributed by atoms with Gasteiger partial charge >= 0.3 is 0 Å². The average molecular weight is 285 g/mol. The molecule has 0 fully saturated rings. The van der Waals surface area contributed by atoms with Gasteiger partial charge in [-0.1, -0.05) is 43.6 Å². The van der Waals surface area contributed by atoms with Crippen molar-refractivity contribution < 1.29 is 4.74 Å². The van der Waals surface area contributed by atoms with Crippen LogP contribution in [0.2, 0.25) is 5.02 Å². The molecule has 0 radical (unpaired) electrons. The predicted octanol–water partition coefficient (Wildman–Crippen LogP) is 2.77. The summed E-state index contributed by atoms with van der Waals surface area (Å²) >= 11 is 6.23. The lowest BCUT2D eigenvalue weighted by Gasteiger charge is -2.44. The van der Waals surface area contributed by atoms with E-state index in [1.54, 1.807) is 7.11 Å². The molecule has 3 nitrogen and oxygen atoms in total. The molecule has 0 aliphatic heterocycles. The molecule has 0 aromatic heterocycles. The Morgan fingerprint density at radius 2 is 2.00 bits per heavy atom. The number of nitrogens with two attached hydrogens (primary N) is 1. The Bertz CT molecular complexity index is 397. The van der Waals surface area contributed by atoms with Crippen molar-refractivity contribution in [3.05, 3.63) is 34.9 Å². The van der Waals surface area contributed by atoms with Gasteiger partial charge in [0, 0.05) is 25.2 Å². The van der Waals surface area contributed by atoms with E-state index in [0.29, 0.717) is 19.1 Å². The number of ether oxygens (including phenoxy) is 1. The fourth-order valence-corrected chi connectivity index (χ4v) is 2.65. The lowest BCUT2D eigenvalue weighted by molar-refractivity contribution is -0.00553. The van der Waals surface area contributed by atoms with E-state index in [1.165, 1.54) is 0 Å². The molecular formula is C15H25ClN2O. The molecule has 0 saturated heterocycles. The molecule has 0 saturated carbocycles. The lowest BCUT2D eigenvalue weighted by atomic mass is 9.85. The number of halogens is 1. The summed E-state index contributed by atoms with van der Waals surface area (Å²) in [6.07, 6.45) is 0. The van der Waals surface area contributed by atoms with E-state index in [0.717, 1.165) is 17.1 Å². The highest BCUT2D eigenvalue weighted by atomic mass is 35.5. The number of benzene rings is 1. The maximum absolute atomic E-state index is 6.23. The van der Waals surface area contributed by atoms with Crippen LogP contribution in [0.25, 0.3) is 0 Å². The van der Waals surface area contributed by atoms with Crippen LogP contribution in [0.5, 0.6) is 0 Å². The van der Waals surface area contributed by atoms with Gasteiger partial charge in [0.15, 0.2) is 0 Å². The van der Waals surface area contributed by atoms with Gasteiger partial charge in [-0.2, -0.15) is 0 Å². The fourth-order valence-electron chi connectivity index (χ4n) is 2.46. The van der Waals surface area contributed by atoms with Crippen molar-refractivity contribution in [1.29, 1.82) is 0 Å². The van der Waals surface area contributed by atoms with E-state index in [-0.39, 0.29) is 5.54 Å². The van der Waals surface area contributed by atoms with Gasteiger partial charge in [-0.3, -0.25) is 4.90 Å². The summed E-state index contributed by atoms with van der Waals surface area (Å²) in [6, 6.07) is 7.91. The van der Waals surface area contributed by atoms with Crippen LogP contribution in [0, 0.1) is 5.92 Å². The summed E-state index contributed by atoms with van der Waals surface area (Å²) < 4.78 is 5.39. The Hall–Kier alpha value is -0.610. The third-order valence-corrected chi connectivity index (χ3v) is 4.32. The Morgan fingerprint density at radius 3 is 2.47 bits per heavy atom. The minimum Gasteiger partial charge on any atom is -0.383 e. The summed E-state index contributed by atoms with van der Waals surface area (Å²) in [5, 5.41) is 0.793. The van der Waals surface area contributed by atoms with Gasteiger partial charge < -0.3 is 10.5 Å². The van der Waals surface area contributed by atoms with Gasteiger partial charge in [-0.05, 0) is 24.6 Å². The third-order valence-electron chi connectivity index (χ3n) is 3.95. The van der Waals surface area contributed by atoms with Gasteiger partial charge in [-0.25, -0.2) is 0 Å². The number of hydrogen-bond acceptors (Lipinski definition) is 3. The summed E-state index contributed by atoms with van der Waals surface area (Å²) in [7, 11) is 3.80. The van der Waals surface area contributed by atoms with E-state index in [1.807, 2.05) is 24.3 Å². The van der Waals surface area contributed by atoms with Crippen LogP contribution in [-0.4, -0.2) is 37.7 Å². The zero-order valence-electron chi connectivity index (χ0n) is 12.3. The molecule has 0 aliphatic carbocycles. The van der Waals surface area contributed by atoms with Gasteiger partial charge in [-0.15, -0.1) is 0 Å². The Kier molecular flexibility index (Phi) is 6.27. The molecule has 108 valence electrons. The van der Waals surface area contributed by atoms with Crippen molar-refractivity contribution in [1.82, 2.24) is 4.90 Å². The molecular weight excluding hydrogens is 260 g/mol. The summed E-state index contributed by atoms with van der Waals surface area (Å²) in [6.45, 7) is 6.28. The van der Waals surface area contributed by atoms with Crippen LogP contribution in [0.4, 0.5) is 0 Å². The van der Waals surface area contributed by atoms with Crippen LogP contribution in [0.1, 0.15) is 19.4 Å². The van der Waals surface area contributed by atoms with Crippen molar-refractivity contribution in [2.75, 3.05) is 27.3 Å². The molecule has 2 N–H and O–H groups in total. The van der Waals surface area contributed by atoms with E-state index < -0.39 is 0 Å². The second-order valence-electron chi connectivity index (χ2n) is 5.34. The fraction of sp³-hybridized carbons (Fsp3) is 0.600. The molecule has 0 bridgehead atoms. The lowest BCUT2D eigenvalue weighted by Crippen LogP contribution is -2.58. The van der Waals surface area contributed by atoms with E-state index in [9.17, 15) is 0 Å². The smallest absolute Gasteiger partial charge is 0.0661 e. The van der Waals surface area contributed by atoms with Gasteiger partial charge in [0.2, 0.25) is 0 Å². The van der Waals surface area contributed by atoms with Crippen molar-refractivity contribution >= 4 is 11.6 Å². The van der Waals surface area contributed by atoms with E-state index in [4.69, 9.17) is 22.1 Å². The minimum atomic E-state index is -0.173. The monoisotopic (exact) mass is 284 g/mol. The highest BCUT2D eigenvalue weighted by Crippen LogP contribution is 2.27. The number of hydrogen-bond donors (Lipinski definition) is 1. The van der Waals surface area contributed by atoms with E-state index in [2.05, 4.69) is 25.8 Å². The van der Waals surface area contributed by atoms with Gasteiger partial charge in [0.05, 0.1) is 12.1 Å². The van der Waals surface area contributed by atoms with Crippen LogP contribution < -0.4 is 5.73 Å². The molecule has 1 unspecified atom stereocenters. The number of nitrogens with zero attached hydrogens (tertiary/aromatic N) is 1. The molecule has 0 amide bonds. The molecule has 4 heteroatoms.